The zero-order valence-corrected chi connectivity index (χ0v) is 13.7. The highest BCUT2D eigenvalue weighted by Gasteiger charge is 2.16. The van der Waals surface area contributed by atoms with Crippen LogP contribution in [0, 0.1) is 17.5 Å². The maximum Gasteiger partial charge on any atom is 0.233 e. The minimum absolute atomic E-state index is 0.284. The summed E-state index contributed by atoms with van der Waals surface area (Å²) < 4.78 is 39.3. The number of carbonyl (C=O) groups excluding carboxylic acids is 2. The van der Waals surface area contributed by atoms with Crippen LogP contribution in [0.1, 0.15) is 12.0 Å². The predicted molar refractivity (Wildman–Crippen MR) is 87.7 cm³/mol. The fourth-order valence-corrected chi connectivity index (χ4v) is 2.28. The third kappa shape index (κ3) is 5.49. The van der Waals surface area contributed by atoms with E-state index in [0.717, 1.165) is 11.6 Å². The zero-order valence-electron chi connectivity index (χ0n) is 12.9. The molecule has 25 heavy (non-hydrogen) atoms. The maximum absolute atomic E-state index is 13.4. The van der Waals surface area contributed by atoms with Crippen LogP contribution in [-0.2, 0) is 16.0 Å². The van der Waals surface area contributed by atoms with Gasteiger partial charge in [-0.1, -0.05) is 23.7 Å². The first-order chi connectivity index (χ1) is 11.9. The van der Waals surface area contributed by atoms with E-state index in [1.807, 2.05) is 11.4 Å². The summed E-state index contributed by atoms with van der Waals surface area (Å²) in [7, 11) is 0. The Kier molecular flexibility index (Phi) is 6.41. The molecule has 2 amide bonds. The number of amides is 2. The average Bonchev–Trinajstić information content (AvgIpc) is 2.55. The van der Waals surface area contributed by atoms with Crippen LogP contribution < -0.4 is 10.6 Å². The van der Waals surface area contributed by atoms with Gasteiger partial charge in [-0.3, -0.25) is 9.59 Å². The van der Waals surface area contributed by atoms with Gasteiger partial charge in [0.1, 0.15) is 6.42 Å². The normalized spacial score (nSPS) is 10.4. The zero-order chi connectivity index (χ0) is 18.4. The lowest BCUT2D eigenvalue weighted by atomic mass is 10.1. The molecule has 0 saturated heterocycles. The van der Waals surface area contributed by atoms with Crippen molar-refractivity contribution in [3.63, 3.8) is 0 Å². The predicted octanol–water partition coefficient (Wildman–Crippen LogP) is 3.44. The van der Waals surface area contributed by atoms with Gasteiger partial charge >= 0.3 is 0 Å². The first kappa shape index (κ1) is 18.8. The molecular weight excluding hydrogens is 357 g/mol. The highest BCUT2D eigenvalue weighted by Crippen LogP contribution is 2.19. The summed E-state index contributed by atoms with van der Waals surface area (Å²) in [5, 5.41) is 5.14. The molecule has 0 radical (unpaired) electrons. The molecule has 132 valence electrons. The molecule has 0 aliphatic rings. The van der Waals surface area contributed by atoms with Crippen molar-refractivity contribution >= 4 is 29.1 Å². The molecule has 0 spiro atoms. The van der Waals surface area contributed by atoms with Gasteiger partial charge in [0.25, 0.3) is 0 Å². The Hall–Kier alpha value is -2.54. The third-order valence-electron chi connectivity index (χ3n) is 3.26. The second kappa shape index (κ2) is 8.53. The molecule has 0 heterocycles. The topological polar surface area (TPSA) is 58.2 Å². The van der Waals surface area contributed by atoms with Crippen molar-refractivity contribution in [1.29, 1.82) is 0 Å². The molecular formula is C17H14ClF3N2O2. The molecule has 0 aromatic heterocycles. The second-order valence-electron chi connectivity index (χ2n) is 5.18. The van der Waals surface area contributed by atoms with E-state index in [2.05, 4.69) is 5.32 Å². The van der Waals surface area contributed by atoms with Gasteiger partial charge in [0.05, 0.1) is 5.69 Å². The van der Waals surface area contributed by atoms with Gasteiger partial charge in [0, 0.05) is 11.6 Å². The first-order valence-corrected chi connectivity index (χ1v) is 7.69. The Morgan fingerprint density at radius 3 is 2.48 bits per heavy atom. The van der Waals surface area contributed by atoms with Crippen molar-refractivity contribution < 1.29 is 22.8 Å². The van der Waals surface area contributed by atoms with E-state index >= 15 is 0 Å². The van der Waals surface area contributed by atoms with Crippen LogP contribution in [0.2, 0.25) is 5.02 Å². The van der Waals surface area contributed by atoms with Gasteiger partial charge in [-0.15, -0.1) is 0 Å². The molecule has 2 N–H and O–H groups in total. The van der Waals surface area contributed by atoms with Gasteiger partial charge in [-0.2, -0.15) is 0 Å². The standard InChI is InChI=1S/C17H14ClF3N2O2/c18-11-3-1-2-10(8-11)6-7-22-14(24)9-15(25)23-13-5-4-12(19)16(20)17(13)21/h1-5,8H,6-7,9H2,(H,22,24)(H,23,25). The van der Waals surface area contributed by atoms with Crippen LogP contribution >= 0.6 is 11.6 Å². The van der Waals surface area contributed by atoms with Crippen molar-refractivity contribution in [3.8, 4) is 0 Å². The fourth-order valence-electron chi connectivity index (χ4n) is 2.06. The molecule has 0 aliphatic carbocycles. The smallest absolute Gasteiger partial charge is 0.233 e. The number of halogens is 4. The minimum Gasteiger partial charge on any atom is -0.355 e. The Balaban J connectivity index is 1.80. The van der Waals surface area contributed by atoms with Crippen molar-refractivity contribution in [1.82, 2.24) is 5.32 Å². The molecule has 0 fully saturated rings. The first-order valence-electron chi connectivity index (χ1n) is 7.31. The van der Waals surface area contributed by atoms with Crippen molar-refractivity contribution in [2.45, 2.75) is 12.8 Å². The van der Waals surface area contributed by atoms with E-state index in [0.29, 0.717) is 17.5 Å². The monoisotopic (exact) mass is 370 g/mol. The molecule has 2 rings (SSSR count). The Morgan fingerprint density at radius 2 is 1.76 bits per heavy atom. The third-order valence-corrected chi connectivity index (χ3v) is 3.49. The Morgan fingerprint density at radius 1 is 1.00 bits per heavy atom. The summed E-state index contributed by atoms with van der Waals surface area (Å²) in [6, 6.07) is 8.67. The van der Waals surface area contributed by atoms with Crippen LogP contribution in [0.15, 0.2) is 36.4 Å². The lowest BCUT2D eigenvalue weighted by Gasteiger charge is -2.08. The minimum atomic E-state index is -1.69. The summed E-state index contributed by atoms with van der Waals surface area (Å²) in [6.45, 7) is 0.284. The van der Waals surface area contributed by atoms with Crippen LogP contribution in [0.4, 0.5) is 18.9 Å². The number of hydrogen-bond acceptors (Lipinski definition) is 2. The SMILES string of the molecule is O=C(CC(=O)Nc1ccc(F)c(F)c1F)NCCc1cccc(Cl)c1. The second-order valence-corrected chi connectivity index (χ2v) is 5.61. The highest BCUT2D eigenvalue weighted by molar-refractivity contribution is 6.30. The molecule has 0 aliphatic heterocycles. The van der Waals surface area contributed by atoms with Crippen LogP contribution in [-0.4, -0.2) is 18.4 Å². The lowest BCUT2D eigenvalue weighted by molar-refractivity contribution is -0.126. The maximum atomic E-state index is 13.4. The number of anilines is 1. The van der Waals surface area contributed by atoms with Crippen LogP contribution in [0.25, 0.3) is 0 Å². The van der Waals surface area contributed by atoms with Crippen molar-refractivity contribution in [2.24, 2.45) is 0 Å². The Labute approximate surface area is 147 Å². The summed E-state index contributed by atoms with van der Waals surface area (Å²) in [6.07, 6.45) is -0.0559. The summed E-state index contributed by atoms with van der Waals surface area (Å²) in [5.41, 5.74) is 0.386. The average molecular weight is 371 g/mol. The van der Waals surface area contributed by atoms with E-state index in [-0.39, 0.29) is 6.54 Å². The molecule has 0 saturated carbocycles. The van der Waals surface area contributed by atoms with Gasteiger partial charge < -0.3 is 10.6 Å². The molecule has 0 unspecified atom stereocenters. The molecule has 0 atom stereocenters. The number of hydrogen-bond donors (Lipinski definition) is 2. The van der Waals surface area contributed by atoms with E-state index < -0.39 is 41.4 Å². The molecule has 2 aromatic rings. The summed E-state index contributed by atoms with van der Waals surface area (Å²) in [5.74, 6) is -6.00. The van der Waals surface area contributed by atoms with Crippen LogP contribution in [0.5, 0.6) is 0 Å². The molecule has 2 aromatic carbocycles. The number of benzene rings is 2. The summed E-state index contributed by atoms with van der Waals surface area (Å²) >= 11 is 5.84. The van der Waals surface area contributed by atoms with Crippen LogP contribution in [0.3, 0.4) is 0 Å². The highest BCUT2D eigenvalue weighted by atomic mass is 35.5. The van der Waals surface area contributed by atoms with Gasteiger partial charge in [-0.05, 0) is 36.2 Å². The van der Waals surface area contributed by atoms with E-state index in [1.54, 1.807) is 18.2 Å². The number of nitrogens with one attached hydrogen (secondary N) is 2. The fraction of sp³-hybridized carbons (Fsp3) is 0.176. The number of rotatable bonds is 6. The quantitative estimate of drug-likeness (QED) is 0.604. The van der Waals surface area contributed by atoms with Gasteiger partial charge in [0.15, 0.2) is 17.5 Å². The van der Waals surface area contributed by atoms with E-state index in [9.17, 15) is 22.8 Å². The van der Waals surface area contributed by atoms with E-state index in [4.69, 9.17) is 11.6 Å². The van der Waals surface area contributed by atoms with Gasteiger partial charge in [0.2, 0.25) is 11.8 Å². The molecule has 4 nitrogen and oxygen atoms in total. The molecule has 0 bridgehead atoms. The number of carbonyl (C=O) groups is 2. The summed E-state index contributed by atoms with van der Waals surface area (Å²) in [4.78, 5) is 23.4. The van der Waals surface area contributed by atoms with E-state index in [1.165, 1.54) is 0 Å². The largest absolute Gasteiger partial charge is 0.355 e. The molecule has 8 heteroatoms. The lowest BCUT2D eigenvalue weighted by Crippen LogP contribution is -2.29. The van der Waals surface area contributed by atoms with Gasteiger partial charge in [-0.25, -0.2) is 13.2 Å². The van der Waals surface area contributed by atoms with Crippen molar-refractivity contribution in [2.75, 3.05) is 11.9 Å². The Bertz CT molecular complexity index is 799. The van der Waals surface area contributed by atoms with Crippen molar-refractivity contribution in [3.05, 3.63) is 64.4 Å².